The van der Waals surface area contributed by atoms with E-state index in [0.717, 1.165) is 76.9 Å². The van der Waals surface area contributed by atoms with Gasteiger partial charge >= 0.3 is 0 Å². The molecule has 1 fully saturated rings. The largest absolute Gasteiger partial charge is 0.550 e. The van der Waals surface area contributed by atoms with E-state index in [1.807, 2.05) is 47.8 Å². The summed E-state index contributed by atoms with van der Waals surface area (Å²) < 4.78 is 18.2. The quantitative estimate of drug-likeness (QED) is 0.260. The van der Waals surface area contributed by atoms with Crippen LogP contribution < -0.4 is 19.9 Å². The van der Waals surface area contributed by atoms with Crippen LogP contribution >= 0.6 is 11.3 Å². The van der Waals surface area contributed by atoms with Crippen LogP contribution in [-0.2, 0) is 33.7 Å². The molecular weight excluding hydrogens is 542 g/mol. The number of carbonyl (C=O) groups excluding carboxylic acids is 2. The molecule has 218 valence electrons. The molecule has 0 radical (unpaired) electrons. The number of rotatable bonds is 12. The van der Waals surface area contributed by atoms with E-state index in [1.54, 1.807) is 7.11 Å². The van der Waals surface area contributed by atoms with Gasteiger partial charge in [-0.15, -0.1) is 11.3 Å². The van der Waals surface area contributed by atoms with Gasteiger partial charge in [0, 0.05) is 35.8 Å². The molecule has 1 aliphatic heterocycles. The highest BCUT2D eigenvalue weighted by atomic mass is 32.1. The maximum absolute atomic E-state index is 13.3. The topological polar surface area (TPSA) is 110 Å². The second-order valence-electron chi connectivity index (χ2n) is 11.2. The van der Waals surface area contributed by atoms with Crippen molar-refractivity contribution in [3.63, 3.8) is 0 Å². The number of amides is 1. The maximum atomic E-state index is 13.3. The lowest BCUT2D eigenvalue weighted by Crippen LogP contribution is -2.52. The Bertz CT molecular complexity index is 1360. The summed E-state index contributed by atoms with van der Waals surface area (Å²) in [5.41, 5.74) is 2.54. The highest BCUT2D eigenvalue weighted by molar-refractivity contribution is 7.09. The number of aliphatic carboxylic acids is 1. The molecule has 9 nitrogen and oxygen atoms in total. The molecule has 0 unspecified atom stereocenters. The zero-order chi connectivity index (χ0) is 28.9. The number of hydrogen-bond donors (Lipinski definition) is 1. The van der Waals surface area contributed by atoms with Crippen LogP contribution in [0.1, 0.15) is 29.0 Å². The van der Waals surface area contributed by atoms with Gasteiger partial charge in [-0.25, -0.2) is 4.98 Å². The SMILES string of the molecule is COc1cc(OCCC[N+]2(C)CCOCC2)ccc1-c1csc(CNC(=O)C2(CC(=O)[O-])Cc3ccccc3C2)n1. The summed E-state index contributed by atoms with van der Waals surface area (Å²) >= 11 is 1.43. The van der Waals surface area contributed by atoms with Crippen LogP contribution in [0.25, 0.3) is 11.3 Å². The Balaban J connectivity index is 1.18. The van der Waals surface area contributed by atoms with Gasteiger partial charge in [-0.3, -0.25) is 4.79 Å². The number of morpholine rings is 1. The number of benzene rings is 2. The second kappa shape index (κ2) is 12.6. The van der Waals surface area contributed by atoms with Gasteiger partial charge in [-0.05, 0) is 36.1 Å². The summed E-state index contributed by atoms with van der Waals surface area (Å²) in [4.78, 5) is 29.6. The first-order valence-corrected chi connectivity index (χ1v) is 14.9. The van der Waals surface area contributed by atoms with Crippen molar-refractivity contribution in [3.05, 3.63) is 64.0 Å². The third kappa shape index (κ3) is 6.89. The first kappa shape index (κ1) is 29.0. The van der Waals surface area contributed by atoms with Crippen molar-refractivity contribution in [2.75, 3.05) is 53.6 Å². The number of carboxylic acid groups (broad SMARTS) is 1. The van der Waals surface area contributed by atoms with E-state index in [4.69, 9.17) is 19.2 Å². The van der Waals surface area contributed by atoms with Crippen molar-refractivity contribution in [2.24, 2.45) is 5.41 Å². The lowest BCUT2D eigenvalue weighted by atomic mass is 9.80. The Hall–Kier alpha value is -3.47. The van der Waals surface area contributed by atoms with E-state index in [0.29, 0.717) is 25.2 Å². The van der Waals surface area contributed by atoms with Gasteiger partial charge in [-0.2, -0.15) is 0 Å². The maximum Gasteiger partial charge on any atom is 0.227 e. The number of thiazole rings is 1. The first-order chi connectivity index (χ1) is 19.8. The van der Waals surface area contributed by atoms with E-state index in [2.05, 4.69) is 12.4 Å². The number of nitrogens with zero attached hydrogens (tertiary/aromatic N) is 2. The minimum Gasteiger partial charge on any atom is -0.550 e. The third-order valence-electron chi connectivity index (χ3n) is 8.20. The molecule has 0 saturated carbocycles. The molecule has 1 aromatic heterocycles. The normalized spacial score (nSPS) is 17.0. The molecule has 0 bridgehead atoms. The standard InChI is InChI=1S/C31H37N3O6S/c1-34(11-14-39-15-12-34)10-5-13-40-24-8-9-25(27(16-24)38-2)26-21-41-28(33-26)20-32-30(37)31(19-29(35)36)17-22-6-3-4-7-23(22)18-31/h3-4,6-9,16,21H,5,10-15,17-20H2,1-2H3,(H-,32,35,36,37). The summed E-state index contributed by atoms with van der Waals surface area (Å²) in [6.45, 7) is 5.60. The summed E-state index contributed by atoms with van der Waals surface area (Å²) in [7, 11) is 3.89. The molecule has 0 spiro atoms. The number of methoxy groups -OCH3 is 1. The van der Waals surface area contributed by atoms with Gasteiger partial charge in [0.2, 0.25) is 5.91 Å². The molecule has 1 N–H and O–H groups in total. The van der Waals surface area contributed by atoms with Gasteiger partial charge in [0.05, 0.1) is 58.2 Å². The number of aromatic nitrogens is 1. The molecule has 1 aliphatic carbocycles. The predicted molar refractivity (Wildman–Crippen MR) is 154 cm³/mol. The number of fused-ring (bicyclic) bond motifs is 1. The van der Waals surface area contributed by atoms with E-state index < -0.39 is 11.4 Å². The van der Waals surface area contributed by atoms with Crippen LogP contribution in [0.5, 0.6) is 11.5 Å². The number of hydrogen-bond acceptors (Lipinski definition) is 8. The average molecular weight is 580 g/mol. The number of likely N-dealkylation sites (N-methyl/N-ethyl adjacent to an activating group) is 1. The smallest absolute Gasteiger partial charge is 0.227 e. The molecular formula is C31H37N3O6S. The van der Waals surface area contributed by atoms with Gasteiger partial charge in [0.1, 0.15) is 29.6 Å². The van der Waals surface area contributed by atoms with Crippen molar-refractivity contribution in [1.82, 2.24) is 10.3 Å². The van der Waals surface area contributed by atoms with Gasteiger partial charge in [0.25, 0.3) is 0 Å². The van der Waals surface area contributed by atoms with Gasteiger partial charge < -0.3 is 33.9 Å². The average Bonchev–Trinajstić information content (AvgIpc) is 3.59. The van der Waals surface area contributed by atoms with Crippen molar-refractivity contribution in [1.29, 1.82) is 0 Å². The fourth-order valence-corrected chi connectivity index (χ4v) is 6.55. The summed E-state index contributed by atoms with van der Waals surface area (Å²) in [5.74, 6) is -0.115. The van der Waals surface area contributed by atoms with Gasteiger partial charge in [0.15, 0.2) is 0 Å². The molecule has 3 aromatic rings. The molecule has 10 heteroatoms. The predicted octanol–water partition coefficient (Wildman–Crippen LogP) is 2.61. The summed E-state index contributed by atoms with van der Waals surface area (Å²) in [6, 6.07) is 13.4. The fourth-order valence-electron chi connectivity index (χ4n) is 5.81. The Morgan fingerprint density at radius 1 is 1.15 bits per heavy atom. The van der Waals surface area contributed by atoms with Crippen molar-refractivity contribution in [3.8, 4) is 22.8 Å². The summed E-state index contributed by atoms with van der Waals surface area (Å²) in [6.07, 6.45) is 1.39. The first-order valence-electron chi connectivity index (χ1n) is 14.0. The summed E-state index contributed by atoms with van der Waals surface area (Å²) in [5, 5.41) is 17.1. The van der Waals surface area contributed by atoms with Crippen molar-refractivity contribution in [2.45, 2.75) is 32.2 Å². The van der Waals surface area contributed by atoms with Crippen LogP contribution in [0.2, 0.25) is 0 Å². The molecule has 1 saturated heterocycles. The second-order valence-corrected chi connectivity index (χ2v) is 12.2. The van der Waals surface area contributed by atoms with Crippen LogP contribution in [-0.4, -0.2) is 75.0 Å². The molecule has 41 heavy (non-hydrogen) atoms. The van der Waals surface area contributed by atoms with Crippen LogP contribution in [0.3, 0.4) is 0 Å². The van der Waals surface area contributed by atoms with Crippen LogP contribution in [0.15, 0.2) is 47.8 Å². The Labute approximate surface area is 244 Å². The molecule has 2 aromatic carbocycles. The lowest BCUT2D eigenvalue weighted by molar-refractivity contribution is -0.917. The minimum absolute atomic E-state index is 0.210. The monoisotopic (exact) mass is 579 g/mol. The van der Waals surface area contributed by atoms with Gasteiger partial charge in [-0.1, -0.05) is 24.3 Å². The van der Waals surface area contributed by atoms with E-state index in [-0.39, 0.29) is 18.9 Å². The lowest BCUT2D eigenvalue weighted by Gasteiger charge is -2.37. The minimum atomic E-state index is -1.23. The van der Waals surface area contributed by atoms with E-state index in [1.165, 1.54) is 11.3 Å². The number of carbonyl (C=O) groups is 2. The highest BCUT2D eigenvalue weighted by Gasteiger charge is 2.43. The number of carboxylic acids is 1. The number of nitrogens with one attached hydrogen (secondary N) is 1. The Kier molecular flexibility index (Phi) is 8.91. The Morgan fingerprint density at radius 3 is 2.56 bits per heavy atom. The fraction of sp³-hybridized carbons (Fsp3) is 0.452. The molecule has 0 atom stereocenters. The van der Waals surface area contributed by atoms with Crippen molar-refractivity contribution >= 4 is 23.2 Å². The molecule has 2 heterocycles. The zero-order valence-corrected chi connectivity index (χ0v) is 24.5. The highest BCUT2D eigenvalue weighted by Crippen LogP contribution is 2.40. The van der Waals surface area contributed by atoms with Crippen LogP contribution in [0, 0.1) is 5.41 Å². The molecule has 1 amide bonds. The number of ether oxygens (including phenoxy) is 3. The molecule has 5 rings (SSSR count). The van der Waals surface area contributed by atoms with E-state index >= 15 is 0 Å². The molecule has 2 aliphatic rings. The number of quaternary nitrogens is 1. The Morgan fingerprint density at radius 2 is 1.88 bits per heavy atom. The van der Waals surface area contributed by atoms with Crippen LogP contribution in [0.4, 0.5) is 0 Å². The third-order valence-corrected chi connectivity index (χ3v) is 9.05. The van der Waals surface area contributed by atoms with E-state index in [9.17, 15) is 14.7 Å². The zero-order valence-electron chi connectivity index (χ0n) is 23.6. The van der Waals surface area contributed by atoms with Crippen molar-refractivity contribution < 1.29 is 33.4 Å².